The van der Waals surface area contributed by atoms with E-state index in [1.54, 1.807) is 17.4 Å². The van der Waals surface area contributed by atoms with Crippen molar-refractivity contribution in [1.29, 1.82) is 0 Å². The van der Waals surface area contributed by atoms with Gasteiger partial charge in [0.1, 0.15) is 0 Å². The first-order chi connectivity index (χ1) is 9.52. The molecule has 0 aliphatic heterocycles. The summed E-state index contributed by atoms with van der Waals surface area (Å²) in [6.07, 6.45) is 0. The van der Waals surface area contributed by atoms with Gasteiger partial charge in [0.15, 0.2) is 0 Å². The first-order valence-electron chi connectivity index (χ1n) is 6.41. The summed E-state index contributed by atoms with van der Waals surface area (Å²) in [4.78, 5) is 15.6. The van der Waals surface area contributed by atoms with E-state index in [2.05, 4.69) is 15.9 Å². The quantitative estimate of drug-likeness (QED) is 0.843. The molecule has 0 atom stereocenters. The molecule has 1 aromatic carbocycles. The van der Waals surface area contributed by atoms with Crippen molar-refractivity contribution in [2.24, 2.45) is 0 Å². The second-order valence-electron chi connectivity index (χ2n) is 4.56. The molecule has 2 rings (SSSR count). The molecule has 1 aromatic heterocycles. The lowest BCUT2D eigenvalue weighted by atomic mass is 10.1. The van der Waals surface area contributed by atoms with Crippen LogP contribution in [0.1, 0.15) is 27.7 Å². The minimum atomic E-state index is -0.0155. The molecule has 3 nitrogen and oxygen atoms in total. The number of nitrogens with two attached hydrogens (primary N) is 1. The van der Waals surface area contributed by atoms with Gasteiger partial charge in [-0.2, -0.15) is 0 Å². The molecule has 0 saturated heterocycles. The third-order valence-electron chi connectivity index (χ3n) is 3.20. The number of amides is 1. The van der Waals surface area contributed by atoms with Crippen LogP contribution >= 0.6 is 27.3 Å². The lowest BCUT2D eigenvalue weighted by Gasteiger charge is -2.21. The molecule has 0 saturated carbocycles. The summed E-state index contributed by atoms with van der Waals surface area (Å²) in [5.74, 6) is -0.0155. The first-order valence-corrected chi connectivity index (χ1v) is 8.02. The van der Waals surface area contributed by atoms with Crippen molar-refractivity contribution in [2.75, 3.05) is 12.3 Å². The number of aryl methyl sites for hydroxylation is 1. The molecular weight excluding hydrogens is 336 g/mol. The van der Waals surface area contributed by atoms with Crippen LogP contribution in [-0.4, -0.2) is 17.4 Å². The molecule has 0 fully saturated rings. The number of rotatable bonds is 4. The summed E-state index contributed by atoms with van der Waals surface area (Å²) in [6.45, 7) is 5.16. The predicted molar refractivity (Wildman–Crippen MR) is 88.0 cm³/mol. The van der Waals surface area contributed by atoms with Crippen LogP contribution < -0.4 is 5.73 Å². The molecule has 0 bridgehead atoms. The van der Waals surface area contributed by atoms with Gasteiger partial charge in [0.05, 0.1) is 15.9 Å². The Labute approximate surface area is 131 Å². The van der Waals surface area contributed by atoms with E-state index in [-0.39, 0.29) is 5.91 Å². The van der Waals surface area contributed by atoms with Gasteiger partial charge in [-0.15, -0.1) is 11.3 Å². The number of carbonyl (C=O) groups is 1. The number of thiophene rings is 1. The number of para-hydroxylation sites is 1. The second-order valence-corrected chi connectivity index (χ2v) is 7.11. The van der Waals surface area contributed by atoms with Crippen LogP contribution in [0.5, 0.6) is 0 Å². The number of anilines is 1. The Kier molecular flexibility index (Phi) is 4.83. The maximum Gasteiger partial charge on any atom is 0.256 e. The summed E-state index contributed by atoms with van der Waals surface area (Å²) in [5.41, 5.74) is 8.12. The Morgan fingerprint density at radius 3 is 2.70 bits per heavy atom. The normalized spacial score (nSPS) is 10.6. The van der Waals surface area contributed by atoms with Crippen molar-refractivity contribution < 1.29 is 4.79 Å². The fourth-order valence-corrected chi connectivity index (χ4v) is 3.49. The van der Waals surface area contributed by atoms with E-state index in [0.29, 0.717) is 24.3 Å². The van der Waals surface area contributed by atoms with E-state index in [4.69, 9.17) is 5.73 Å². The molecular formula is C15H17BrN2OS. The lowest BCUT2D eigenvalue weighted by molar-refractivity contribution is 0.0755. The van der Waals surface area contributed by atoms with E-state index in [1.165, 1.54) is 0 Å². The lowest BCUT2D eigenvalue weighted by Crippen LogP contribution is -2.30. The minimum Gasteiger partial charge on any atom is -0.398 e. The highest BCUT2D eigenvalue weighted by Gasteiger charge is 2.18. The molecule has 5 heteroatoms. The Morgan fingerprint density at radius 1 is 1.35 bits per heavy atom. The number of benzene rings is 1. The zero-order chi connectivity index (χ0) is 14.7. The smallest absolute Gasteiger partial charge is 0.256 e. The number of carbonyl (C=O) groups excluding carboxylic acids is 1. The molecule has 20 heavy (non-hydrogen) atoms. The summed E-state index contributed by atoms with van der Waals surface area (Å²) < 4.78 is 1.08. The predicted octanol–water partition coefficient (Wildman–Crippen LogP) is 4.06. The average molecular weight is 353 g/mol. The summed E-state index contributed by atoms with van der Waals surface area (Å²) >= 11 is 5.09. The summed E-state index contributed by atoms with van der Waals surface area (Å²) in [6, 6.07) is 9.61. The zero-order valence-corrected chi connectivity index (χ0v) is 13.9. The van der Waals surface area contributed by atoms with Gasteiger partial charge in [0.25, 0.3) is 5.91 Å². The highest BCUT2D eigenvalue weighted by molar-refractivity contribution is 9.11. The van der Waals surface area contributed by atoms with E-state index < -0.39 is 0 Å². The van der Waals surface area contributed by atoms with Crippen molar-refractivity contribution >= 4 is 38.9 Å². The average Bonchev–Trinajstić information content (AvgIpc) is 2.84. The number of hydrogen-bond acceptors (Lipinski definition) is 3. The van der Waals surface area contributed by atoms with Gasteiger partial charge in [-0.3, -0.25) is 4.79 Å². The van der Waals surface area contributed by atoms with Crippen LogP contribution in [0.3, 0.4) is 0 Å². The maximum atomic E-state index is 12.6. The second kappa shape index (κ2) is 6.41. The van der Waals surface area contributed by atoms with Crippen molar-refractivity contribution in [3.63, 3.8) is 0 Å². The van der Waals surface area contributed by atoms with Crippen LogP contribution in [0.4, 0.5) is 5.69 Å². The standard InChI is InChI=1S/C15H17BrN2OS/c1-3-18(9-11-7-8-13(16)20-11)15(19)12-6-4-5-10(2)14(12)17/h4-8H,3,9,17H2,1-2H3. The summed E-state index contributed by atoms with van der Waals surface area (Å²) in [5, 5.41) is 0. The van der Waals surface area contributed by atoms with E-state index >= 15 is 0 Å². The fourth-order valence-electron chi connectivity index (χ4n) is 1.99. The molecule has 106 valence electrons. The van der Waals surface area contributed by atoms with Crippen molar-refractivity contribution in [1.82, 2.24) is 4.90 Å². The number of nitrogens with zero attached hydrogens (tertiary/aromatic N) is 1. The summed E-state index contributed by atoms with van der Waals surface area (Å²) in [7, 11) is 0. The Bertz CT molecular complexity index is 624. The minimum absolute atomic E-state index is 0.0155. The number of nitrogen functional groups attached to an aromatic ring is 1. The van der Waals surface area contributed by atoms with Gasteiger partial charge < -0.3 is 10.6 Å². The molecule has 0 aliphatic carbocycles. The Balaban J connectivity index is 2.23. The Morgan fingerprint density at radius 2 is 2.10 bits per heavy atom. The maximum absolute atomic E-state index is 12.6. The monoisotopic (exact) mass is 352 g/mol. The molecule has 2 aromatic rings. The van der Waals surface area contributed by atoms with Crippen LogP contribution in [0, 0.1) is 6.92 Å². The zero-order valence-electron chi connectivity index (χ0n) is 11.5. The van der Waals surface area contributed by atoms with Gasteiger partial charge in [0.2, 0.25) is 0 Å². The third kappa shape index (κ3) is 3.22. The van der Waals surface area contributed by atoms with Crippen molar-refractivity contribution in [3.8, 4) is 0 Å². The highest BCUT2D eigenvalue weighted by Crippen LogP contribution is 2.25. The van der Waals surface area contributed by atoms with Gasteiger partial charge >= 0.3 is 0 Å². The first kappa shape index (κ1) is 15.1. The highest BCUT2D eigenvalue weighted by atomic mass is 79.9. The molecule has 0 aliphatic rings. The van der Waals surface area contributed by atoms with Crippen LogP contribution in [0.25, 0.3) is 0 Å². The molecule has 0 unspecified atom stereocenters. The van der Waals surface area contributed by atoms with Crippen LogP contribution in [0.15, 0.2) is 34.1 Å². The van der Waals surface area contributed by atoms with Crippen LogP contribution in [-0.2, 0) is 6.54 Å². The Hall–Kier alpha value is -1.33. The molecule has 2 N–H and O–H groups in total. The van der Waals surface area contributed by atoms with Crippen molar-refractivity contribution in [2.45, 2.75) is 20.4 Å². The number of hydrogen-bond donors (Lipinski definition) is 1. The number of halogens is 1. The van der Waals surface area contributed by atoms with Gasteiger partial charge in [-0.25, -0.2) is 0 Å². The third-order valence-corrected chi connectivity index (χ3v) is 4.81. The van der Waals surface area contributed by atoms with E-state index in [1.807, 2.05) is 43.0 Å². The van der Waals surface area contributed by atoms with E-state index in [0.717, 1.165) is 14.2 Å². The van der Waals surface area contributed by atoms with Crippen molar-refractivity contribution in [3.05, 3.63) is 50.1 Å². The largest absolute Gasteiger partial charge is 0.398 e. The topological polar surface area (TPSA) is 46.3 Å². The van der Waals surface area contributed by atoms with Crippen LogP contribution in [0.2, 0.25) is 0 Å². The molecule has 0 spiro atoms. The SMILES string of the molecule is CCN(Cc1ccc(Br)s1)C(=O)c1cccc(C)c1N. The fraction of sp³-hybridized carbons (Fsp3) is 0.267. The van der Waals surface area contributed by atoms with Gasteiger partial charge in [0, 0.05) is 17.1 Å². The van der Waals surface area contributed by atoms with E-state index in [9.17, 15) is 4.79 Å². The molecule has 0 radical (unpaired) electrons. The van der Waals surface area contributed by atoms with Gasteiger partial charge in [-0.05, 0) is 53.5 Å². The van der Waals surface area contributed by atoms with Gasteiger partial charge in [-0.1, -0.05) is 12.1 Å². The molecule has 1 heterocycles. The molecule has 1 amide bonds.